The van der Waals surface area contributed by atoms with Crippen LogP contribution in [-0.2, 0) is 25.6 Å². The van der Waals surface area contributed by atoms with E-state index < -0.39 is 27.5 Å². The van der Waals surface area contributed by atoms with Crippen molar-refractivity contribution < 1.29 is 31.2 Å². The maximum Gasteiger partial charge on any atom is 0.416 e. The van der Waals surface area contributed by atoms with E-state index in [0.717, 1.165) is 12.1 Å². The van der Waals surface area contributed by atoms with Crippen LogP contribution in [-0.4, -0.2) is 55.8 Å². The van der Waals surface area contributed by atoms with E-state index >= 15 is 0 Å². The van der Waals surface area contributed by atoms with Crippen LogP contribution in [0.1, 0.15) is 24.0 Å². The van der Waals surface area contributed by atoms with Crippen molar-refractivity contribution in [2.24, 2.45) is 5.92 Å². The number of sulfone groups is 1. The molecule has 0 unspecified atom stereocenters. The van der Waals surface area contributed by atoms with Gasteiger partial charge in [0.15, 0.2) is 9.84 Å². The zero-order valence-electron chi connectivity index (χ0n) is 15.3. The third kappa shape index (κ3) is 5.29. The summed E-state index contributed by atoms with van der Waals surface area (Å²) in [5.74, 6) is 3.90. The first-order valence-corrected chi connectivity index (χ1v) is 10.8. The van der Waals surface area contributed by atoms with Crippen LogP contribution in [0.4, 0.5) is 13.2 Å². The SMILES string of the molecule is O=C(NCC#Cc1cccc(C(F)(F)F)c1)[C@H]1CC(=O)N([C@@H]2CCS(=O)(=O)C2)C1. The van der Waals surface area contributed by atoms with E-state index in [9.17, 15) is 31.2 Å². The van der Waals surface area contributed by atoms with E-state index in [2.05, 4.69) is 17.2 Å². The Morgan fingerprint density at radius 2 is 2.07 bits per heavy atom. The lowest BCUT2D eigenvalue weighted by Gasteiger charge is -2.22. The van der Waals surface area contributed by atoms with Gasteiger partial charge in [-0.15, -0.1) is 0 Å². The topological polar surface area (TPSA) is 83.6 Å². The molecule has 0 radical (unpaired) electrons. The Labute approximate surface area is 166 Å². The molecule has 2 aliphatic heterocycles. The summed E-state index contributed by atoms with van der Waals surface area (Å²) in [5, 5.41) is 2.56. The fourth-order valence-corrected chi connectivity index (χ4v) is 5.21. The van der Waals surface area contributed by atoms with Crippen molar-refractivity contribution in [3.8, 4) is 11.8 Å². The highest BCUT2D eigenvalue weighted by molar-refractivity contribution is 7.91. The summed E-state index contributed by atoms with van der Waals surface area (Å²) >= 11 is 0. The Morgan fingerprint density at radius 3 is 2.72 bits per heavy atom. The molecule has 1 aromatic carbocycles. The van der Waals surface area contributed by atoms with Gasteiger partial charge in [0, 0.05) is 24.6 Å². The van der Waals surface area contributed by atoms with Gasteiger partial charge in [0.1, 0.15) is 0 Å². The van der Waals surface area contributed by atoms with Gasteiger partial charge in [0.2, 0.25) is 11.8 Å². The minimum atomic E-state index is -4.45. The van der Waals surface area contributed by atoms with Crippen molar-refractivity contribution in [2.75, 3.05) is 24.6 Å². The lowest BCUT2D eigenvalue weighted by molar-refractivity contribution is -0.137. The van der Waals surface area contributed by atoms with Gasteiger partial charge in [-0.05, 0) is 24.6 Å². The summed E-state index contributed by atoms with van der Waals surface area (Å²) in [4.78, 5) is 25.9. The number of nitrogens with zero attached hydrogens (tertiary/aromatic N) is 1. The summed E-state index contributed by atoms with van der Waals surface area (Å²) < 4.78 is 61.2. The Hall–Kier alpha value is -2.54. The zero-order chi connectivity index (χ0) is 21.2. The molecule has 156 valence electrons. The van der Waals surface area contributed by atoms with Gasteiger partial charge in [-0.2, -0.15) is 13.2 Å². The number of halogens is 3. The molecule has 3 rings (SSSR count). The molecule has 2 aliphatic rings. The number of rotatable bonds is 3. The van der Waals surface area contributed by atoms with E-state index in [1.807, 2.05) is 0 Å². The average molecular weight is 428 g/mol. The lowest BCUT2D eigenvalue weighted by atomic mass is 10.1. The van der Waals surface area contributed by atoms with Crippen LogP contribution in [0, 0.1) is 17.8 Å². The molecule has 0 aliphatic carbocycles. The Morgan fingerprint density at radius 1 is 1.31 bits per heavy atom. The Kier molecular flexibility index (Phi) is 5.89. The first kappa shape index (κ1) is 21.2. The fourth-order valence-electron chi connectivity index (χ4n) is 3.48. The molecule has 2 atom stereocenters. The van der Waals surface area contributed by atoms with Gasteiger partial charge in [0.05, 0.1) is 29.5 Å². The number of carbonyl (C=O) groups excluding carboxylic acids is 2. The van der Waals surface area contributed by atoms with Crippen molar-refractivity contribution in [3.05, 3.63) is 35.4 Å². The second kappa shape index (κ2) is 8.06. The largest absolute Gasteiger partial charge is 0.416 e. The standard InChI is InChI=1S/C19H19F3N2O4S/c20-19(21,22)15-5-1-3-13(9-15)4-2-7-23-18(26)14-10-17(25)24(11-14)16-6-8-29(27,28)12-16/h1,3,5,9,14,16H,6-8,10-12H2,(H,23,26)/t14-,16+/m0/s1. The predicted molar refractivity (Wildman–Crippen MR) is 98.2 cm³/mol. The number of hydrogen-bond acceptors (Lipinski definition) is 4. The third-order valence-corrected chi connectivity index (χ3v) is 6.70. The third-order valence-electron chi connectivity index (χ3n) is 4.95. The fraction of sp³-hybridized carbons (Fsp3) is 0.474. The molecule has 1 aromatic rings. The number of carbonyl (C=O) groups is 2. The number of nitrogens with one attached hydrogen (secondary N) is 1. The van der Waals surface area contributed by atoms with Crippen LogP contribution >= 0.6 is 0 Å². The van der Waals surface area contributed by atoms with Crippen LogP contribution in [0.3, 0.4) is 0 Å². The summed E-state index contributed by atoms with van der Waals surface area (Å²) in [6.07, 6.45) is -4.07. The molecule has 0 saturated carbocycles. The molecule has 2 amide bonds. The summed E-state index contributed by atoms with van der Waals surface area (Å²) in [7, 11) is -3.13. The van der Waals surface area contributed by atoms with Crippen molar-refractivity contribution in [2.45, 2.75) is 25.1 Å². The molecular formula is C19H19F3N2O4S. The molecule has 0 spiro atoms. The Balaban J connectivity index is 1.52. The van der Waals surface area contributed by atoms with E-state index in [1.54, 1.807) is 0 Å². The molecule has 2 saturated heterocycles. The van der Waals surface area contributed by atoms with Crippen molar-refractivity contribution in [3.63, 3.8) is 0 Å². The van der Waals surface area contributed by atoms with Crippen LogP contribution in [0.5, 0.6) is 0 Å². The smallest absolute Gasteiger partial charge is 0.345 e. The van der Waals surface area contributed by atoms with E-state index in [1.165, 1.54) is 17.0 Å². The molecule has 29 heavy (non-hydrogen) atoms. The highest BCUT2D eigenvalue weighted by Gasteiger charge is 2.41. The molecule has 0 bridgehead atoms. The van der Waals surface area contributed by atoms with E-state index in [0.29, 0.717) is 6.42 Å². The van der Waals surface area contributed by atoms with Gasteiger partial charge < -0.3 is 10.2 Å². The second-order valence-electron chi connectivity index (χ2n) is 7.10. The van der Waals surface area contributed by atoms with E-state index in [-0.39, 0.29) is 54.4 Å². The summed E-state index contributed by atoms with van der Waals surface area (Å²) in [5.41, 5.74) is -0.620. The number of amides is 2. The van der Waals surface area contributed by atoms with E-state index in [4.69, 9.17) is 0 Å². The zero-order valence-corrected chi connectivity index (χ0v) is 16.1. The number of hydrogen-bond donors (Lipinski definition) is 1. The first-order chi connectivity index (χ1) is 13.5. The molecular weight excluding hydrogens is 409 g/mol. The van der Waals surface area contributed by atoms with Gasteiger partial charge in [-0.3, -0.25) is 9.59 Å². The molecule has 0 aromatic heterocycles. The normalized spacial score (nSPS) is 23.6. The Bertz CT molecular complexity index is 979. The number of benzene rings is 1. The van der Waals surface area contributed by atoms with Crippen LogP contribution in [0.15, 0.2) is 24.3 Å². The van der Waals surface area contributed by atoms with Crippen molar-refractivity contribution >= 4 is 21.7 Å². The van der Waals surface area contributed by atoms with Crippen molar-refractivity contribution in [1.82, 2.24) is 10.2 Å². The molecule has 10 heteroatoms. The van der Waals surface area contributed by atoms with Crippen LogP contribution in [0.25, 0.3) is 0 Å². The molecule has 2 fully saturated rings. The molecule has 1 N–H and O–H groups in total. The first-order valence-electron chi connectivity index (χ1n) is 8.99. The highest BCUT2D eigenvalue weighted by Crippen LogP contribution is 2.29. The van der Waals surface area contributed by atoms with Gasteiger partial charge in [0.25, 0.3) is 0 Å². The summed E-state index contributed by atoms with van der Waals surface area (Å²) in [6, 6.07) is 4.19. The molecule has 2 heterocycles. The quantitative estimate of drug-likeness (QED) is 0.734. The van der Waals surface area contributed by atoms with Crippen LogP contribution in [0.2, 0.25) is 0 Å². The van der Waals surface area contributed by atoms with Crippen molar-refractivity contribution in [1.29, 1.82) is 0 Å². The van der Waals surface area contributed by atoms with Gasteiger partial charge in [-0.25, -0.2) is 8.42 Å². The summed E-state index contributed by atoms with van der Waals surface area (Å²) in [6.45, 7) is 0.0868. The average Bonchev–Trinajstić information content (AvgIpc) is 3.20. The maximum absolute atomic E-state index is 12.7. The minimum absolute atomic E-state index is 0.00341. The minimum Gasteiger partial charge on any atom is -0.345 e. The highest BCUT2D eigenvalue weighted by atomic mass is 32.2. The van der Waals surface area contributed by atoms with Gasteiger partial charge >= 0.3 is 6.18 Å². The van der Waals surface area contributed by atoms with Crippen LogP contribution < -0.4 is 5.32 Å². The second-order valence-corrected chi connectivity index (χ2v) is 9.33. The van der Waals surface area contributed by atoms with Gasteiger partial charge in [-0.1, -0.05) is 17.9 Å². The number of alkyl halides is 3. The maximum atomic E-state index is 12.7. The monoisotopic (exact) mass is 428 g/mol. The predicted octanol–water partition coefficient (Wildman–Crippen LogP) is 1.21. The lowest BCUT2D eigenvalue weighted by Crippen LogP contribution is -2.39. The molecule has 6 nitrogen and oxygen atoms in total. The number of likely N-dealkylation sites (tertiary alicyclic amines) is 1.